The number of hydrogen-bond acceptors (Lipinski definition) is 3. The summed E-state index contributed by atoms with van der Waals surface area (Å²) in [5.41, 5.74) is 0. The second-order valence-corrected chi connectivity index (χ2v) is 2.65. The molecule has 11 heteroatoms. The van der Waals surface area contributed by atoms with E-state index in [9.17, 15) is 36.5 Å². The fourth-order valence-corrected chi connectivity index (χ4v) is 0.902. The van der Waals surface area contributed by atoms with Crippen LogP contribution < -0.4 is 0 Å². The highest BCUT2D eigenvalue weighted by Crippen LogP contribution is 2.42. The molecule has 90 valence electrons. The zero-order valence-corrected chi connectivity index (χ0v) is 6.96. The van der Waals surface area contributed by atoms with E-state index in [1.165, 1.54) is 0 Å². The molecule has 0 aliphatic carbocycles. The van der Waals surface area contributed by atoms with E-state index >= 15 is 0 Å². The molecule has 1 aliphatic heterocycles. The summed E-state index contributed by atoms with van der Waals surface area (Å²) in [6.07, 6.45) is 0. The molecule has 0 radical (unpaired) electrons. The van der Waals surface area contributed by atoms with Gasteiger partial charge in [-0.2, -0.15) is 13.2 Å². The van der Waals surface area contributed by atoms with Gasteiger partial charge in [0.1, 0.15) is 0 Å². The molecule has 16 heavy (non-hydrogen) atoms. The summed E-state index contributed by atoms with van der Waals surface area (Å²) in [6.45, 7) is 0. The van der Waals surface area contributed by atoms with Crippen LogP contribution in [-0.2, 0) is 9.59 Å². The monoisotopic (exact) mass is 248 g/mol. The first kappa shape index (κ1) is 12.1. The molecular formula is C5HF5N2O4. The summed E-state index contributed by atoms with van der Waals surface area (Å²) in [5, 5.41) is 3.93. The summed E-state index contributed by atoms with van der Waals surface area (Å²) >= 11 is 0. The maximum Gasteiger partial charge on any atom is 0.392 e. The van der Waals surface area contributed by atoms with Crippen LogP contribution in [0.25, 0.3) is 0 Å². The highest BCUT2D eigenvalue weighted by atomic mass is 19.3. The largest absolute Gasteiger partial charge is 0.477 e. The van der Waals surface area contributed by atoms with Gasteiger partial charge in [0, 0.05) is 0 Å². The number of carboxylic acids is 1. The normalized spacial score (nSPS) is 29.6. The van der Waals surface area contributed by atoms with Gasteiger partial charge in [-0.05, 0) is 0 Å². The SMILES string of the molecule is O=C1N(F)C(=O)C(F)(F)C(F)(C(=O)O)N1F. The first-order chi connectivity index (χ1) is 7.08. The Morgan fingerprint density at radius 1 is 1.19 bits per heavy atom. The molecule has 6 nitrogen and oxygen atoms in total. The third kappa shape index (κ3) is 1.07. The van der Waals surface area contributed by atoms with Gasteiger partial charge in [0.25, 0.3) is 0 Å². The van der Waals surface area contributed by atoms with Gasteiger partial charge in [0.2, 0.25) is 0 Å². The van der Waals surface area contributed by atoms with E-state index in [1.807, 2.05) is 0 Å². The van der Waals surface area contributed by atoms with Gasteiger partial charge < -0.3 is 5.11 Å². The number of alkyl halides is 3. The molecule has 1 heterocycles. The van der Waals surface area contributed by atoms with Crippen LogP contribution in [0.4, 0.5) is 26.9 Å². The number of rotatable bonds is 1. The fourth-order valence-electron chi connectivity index (χ4n) is 0.902. The van der Waals surface area contributed by atoms with Crippen LogP contribution in [-0.4, -0.2) is 45.0 Å². The van der Waals surface area contributed by atoms with Gasteiger partial charge >= 0.3 is 29.6 Å². The second-order valence-electron chi connectivity index (χ2n) is 2.65. The number of urea groups is 1. The number of imide groups is 1. The molecule has 1 rings (SSSR count). The maximum absolute atomic E-state index is 13.1. The minimum atomic E-state index is -5.59. The summed E-state index contributed by atoms with van der Waals surface area (Å²) in [4.78, 5) is 30.9. The fraction of sp³-hybridized carbons (Fsp3) is 0.400. The molecule has 0 aromatic rings. The highest BCUT2D eigenvalue weighted by Gasteiger charge is 2.77. The van der Waals surface area contributed by atoms with Crippen molar-refractivity contribution in [3.05, 3.63) is 0 Å². The van der Waals surface area contributed by atoms with Gasteiger partial charge in [0.05, 0.1) is 0 Å². The van der Waals surface area contributed by atoms with Crippen LogP contribution >= 0.6 is 0 Å². The maximum atomic E-state index is 13.1. The Morgan fingerprint density at radius 2 is 1.62 bits per heavy atom. The molecule has 1 saturated heterocycles. The number of aliphatic carboxylic acids is 1. The number of carbonyl (C=O) groups excluding carboxylic acids is 2. The molecule has 0 aromatic heterocycles. The minimum Gasteiger partial charge on any atom is -0.477 e. The van der Waals surface area contributed by atoms with Crippen molar-refractivity contribution in [2.75, 3.05) is 0 Å². The van der Waals surface area contributed by atoms with E-state index in [-0.39, 0.29) is 0 Å². The summed E-state index contributed by atoms with van der Waals surface area (Å²) in [7, 11) is 0. The van der Waals surface area contributed by atoms with Crippen molar-refractivity contribution in [2.24, 2.45) is 0 Å². The zero-order valence-electron chi connectivity index (χ0n) is 6.96. The lowest BCUT2D eigenvalue weighted by Crippen LogP contribution is -2.72. The Labute approximate surface area is 82.7 Å². The van der Waals surface area contributed by atoms with E-state index in [2.05, 4.69) is 0 Å². The van der Waals surface area contributed by atoms with Crippen LogP contribution in [0, 0.1) is 0 Å². The Hall–Kier alpha value is -1.94. The Kier molecular flexibility index (Phi) is 2.29. The van der Waals surface area contributed by atoms with E-state index in [0.717, 1.165) is 0 Å². The standard InChI is InChI=1S/C5HF5N2O4/c6-4(7)1(13)11(9)3(16)12(10)5(4,8)2(14)15/h(H,14,15). The van der Waals surface area contributed by atoms with Crippen molar-refractivity contribution in [2.45, 2.75) is 11.7 Å². The number of carboxylic acid groups (broad SMARTS) is 1. The number of carbonyl (C=O) groups is 3. The van der Waals surface area contributed by atoms with Gasteiger partial charge in [-0.1, -0.05) is 14.1 Å². The lowest BCUT2D eigenvalue weighted by atomic mass is 10.0. The number of nitrogens with zero attached hydrogens (tertiary/aromatic N) is 2. The van der Waals surface area contributed by atoms with Crippen LogP contribution in [0.15, 0.2) is 0 Å². The van der Waals surface area contributed by atoms with E-state index in [0.29, 0.717) is 0 Å². The molecule has 1 N–H and O–H groups in total. The number of amides is 3. The van der Waals surface area contributed by atoms with Crippen molar-refractivity contribution in [3.8, 4) is 0 Å². The van der Waals surface area contributed by atoms with Gasteiger partial charge in [0.15, 0.2) is 0 Å². The lowest BCUT2D eigenvalue weighted by Gasteiger charge is -2.37. The quantitative estimate of drug-likeness (QED) is 0.414. The molecule has 1 fully saturated rings. The topological polar surface area (TPSA) is 77.9 Å². The lowest BCUT2D eigenvalue weighted by molar-refractivity contribution is -0.271. The molecule has 0 bridgehead atoms. The number of halogens is 5. The molecule has 3 amide bonds. The third-order valence-corrected chi connectivity index (χ3v) is 1.75. The summed E-state index contributed by atoms with van der Waals surface area (Å²) < 4.78 is 63.6. The van der Waals surface area contributed by atoms with Crippen molar-refractivity contribution >= 4 is 17.9 Å². The average molecular weight is 248 g/mol. The van der Waals surface area contributed by atoms with Crippen molar-refractivity contribution in [1.29, 1.82) is 0 Å². The second kappa shape index (κ2) is 3.02. The predicted octanol–water partition coefficient (Wildman–Crippen LogP) is 0.405. The van der Waals surface area contributed by atoms with E-state index in [4.69, 9.17) is 5.11 Å². The van der Waals surface area contributed by atoms with Crippen LogP contribution in [0.2, 0.25) is 0 Å². The smallest absolute Gasteiger partial charge is 0.392 e. The third-order valence-electron chi connectivity index (χ3n) is 1.75. The molecule has 1 atom stereocenters. The predicted molar refractivity (Wildman–Crippen MR) is 32.7 cm³/mol. The summed E-state index contributed by atoms with van der Waals surface area (Å²) in [5.74, 6) is -17.1. The zero-order chi connectivity index (χ0) is 12.9. The molecule has 0 aromatic carbocycles. The van der Waals surface area contributed by atoms with Gasteiger partial charge in [-0.3, -0.25) is 4.79 Å². The van der Waals surface area contributed by atoms with Gasteiger partial charge in [-0.25, -0.2) is 9.59 Å². The van der Waals surface area contributed by atoms with E-state index in [1.54, 1.807) is 0 Å². The van der Waals surface area contributed by atoms with Crippen molar-refractivity contribution in [1.82, 2.24) is 10.2 Å². The van der Waals surface area contributed by atoms with Crippen LogP contribution in [0.5, 0.6) is 0 Å². The first-order valence-corrected chi connectivity index (χ1v) is 3.39. The molecule has 1 aliphatic rings. The molecule has 0 saturated carbocycles. The van der Waals surface area contributed by atoms with Crippen LogP contribution in [0.1, 0.15) is 0 Å². The average Bonchev–Trinajstić information content (AvgIpc) is 2.21. The Bertz CT molecular complexity index is 387. The Balaban J connectivity index is 3.42. The minimum absolute atomic E-state index is 1.92. The van der Waals surface area contributed by atoms with Crippen LogP contribution in [0.3, 0.4) is 0 Å². The molecular weight excluding hydrogens is 247 g/mol. The van der Waals surface area contributed by atoms with Crippen molar-refractivity contribution < 1.29 is 41.6 Å². The molecule has 0 spiro atoms. The first-order valence-electron chi connectivity index (χ1n) is 3.39. The van der Waals surface area contributed by atoms with Gasteiger partial charge in [-0.15, -0.1) is 5.12 Å². The number of hydrogen-bond donors (Lipinski definition) is 1. The molecule has 1 unspecified atom stereocenters. The highest BCUT2D eigenvalue weighted by molar-refractivity contribution is 6.05. The van der Waals surface area contributed by atoms with Crippen molar-refractivity contribution in [3.63, 3.8) is 0 Å². The van der Waals surface area contributed by atoms with E-state index < -0.39 is 39.9 Å². The Morgan fingerprint density at radius 3 is 2.00 bits per heavy atom. The summed E-state index contributed by atoms with van der Waals surface area (Å²) in [6, 6.07) is -2.79.